The molecule has 27 heavy (non-hydrogen) atoms. The lowest BCUT2D eigenvalue weighted by atomic mass is 10.0. The van der Waals surface area contributed by atoms with Gasteiger partial charge >= 0.3 is 0 Å². The van der Waals surface area contributed by atoms with Gasteiger partial charge in [-0.15, -0.1) is 0 Å². The van der Waals surface area contributed by atoms with Crippen LogP contribution in [0.1, 0.15) is 103 Å². The largest absolute Gasteiger partial charge is 0.297 e. The van der Waals surface area contributed by atoms with Crippen LogP contribution in [0.25, 0.3) is 0 Å². The minimum atomic E-state index is -3.64. The van der Waals surface area contributed by atoms with Crippen molar-refractivity contribution in [2.24, 2.45) is 0 Å². The van der Waals surface area contributed by atoms with Crippen molar-refractivity contribution in [2.75, 3.05) is 0 Å². The van der Waals surface area contributed by atoms with Gasteiger partial charge in [-0.2, -0.15) is 8.42 Å². The quantitative estimate of drug-likeness (QED) is 0.219. The minimum Gasteiger partial charge on any atom is -0.263 e. The van der Waals surface area contributed by atoms with Gasteiger partial charge in [0.1, 0.15) is 0 Å². The Bertz CT molecular complexity index is 578. The zero-order chi connectivity index (χ0) is 20.0. The first-order valence-corrected chi connectivity index (χ1v) is 12.4. The Labute approximate surface area is 168 Å². The van der Waals surface area contributed by atoms with E-state index in [9.17, 15) is 8.42 Å². The minimum absolute atomic E-state index is 0.245. The lowest BCUT2D eigenvalue weighted by Crippen LogP contribution is -2.15. The van der Waals surface area contributed by atoms with E-state index in [-0.39, 0.29) is 11.0 Å². The van der Waals surface area contributed by atoms with Crippen LogP contribution in [-0.4, -0.2) is 14.5 Å². The summed E-state index contributed by atoms with van der Waals surface area (Å²) in [7, 11) is -3.64. The summed E-state index contributed by atoms with van der Waals surface area (Å²) < 4.78 is 29.8. The molecule has 0 N–H and O–H groups in total. The molecule has 0 heterocycles. The smallest absolute Gasteiger partial charge is 0.263 e. The molecule has 0 bridgehead atoms. The topological polar surface area (TPSA) is 43.4 Å². The van der Waals surface area contributed by atoms with E-state index in [1.165, 1.54) is 64.2 Å². The lowest BCUT2D eigenvalue weighted by Gasteiger charge is -2.13. The fraction of sp³-hybridized carbons (Fsp3) is 0.739. The molecule has 0 spiro atoms. The highest BCUT2D eigenvalue weighted by molar-refractivity contribution is 7.86. The maximum absolute atomic E-state index is 12.3. The van der Waals surface area contributed by atoms with Crippen LogP contribution in [0.2, 0.25) is 0 Å². The predicted octanol–water partition coefficient (Wildman–Crippen LogP) is 7.18. The van der Waals surface area contributed by atoms with Crippen molar-refractivity contribution >= 4 is 10.1 Å². The van der Waals surface area contributed by atoms with Crippen molar-refractivity contribution in [1.29, 1.82) is 0 Å². The molecule has 4 heteroatoms. The van der Waals surface area contributed by atoms with Gasteiger partial charge < -0.3 is 0 Å². The molecule has 0 saturated carbocycles. The van der Waals surface area contributed by atoms with Crippen molar-refractivity contribution in [3.05, 3.63) is 29.8 Å². The molecule has 1 unspecified atom stereocenters. The van der Waals surface area contributed by atoms with Gasteiger partial charge in [0.25, 0.3) is 10.1 Å². The second-order valence-corrected chi connectivity index (χ2v) is 9.42. The second-order valence-electron chi connectivity index (χ2n) is 7.85. The lowest BCUT2D eigenvalue weighted by molar-refractivity contribution is 0.213. The van der Waals surface area contributed by atoms with Crippen LogP contribution in [0.3, 0.4) is 0 Å². The van der Waals surface area contributed by atoms with Gasteiger partial charge in [-0.05, 0) is 32.4 Å². The van der Waals surface area contributed by atoms with E-state index in [1.807, 2.05) is 13.8 Å². The van der Waals surface area contributed by atoms with Gasteiger partial charge in [0.2, 0.25) is 0 Å². The van der Waals surface area contributed by atoms with E-state index in [0.717, 1.165) is 24.8 Å². The highest BCUT2D eigenvalue weighted by Gasteiger charge is 2.18. The van der Waals surface area contributed by atoms with E-state index in [0.29, 0.717) is 0 Å². The summed E-state index contributed by atoms with van der Waals surface area (Å²) >= 11 is 0. The molecule has 0 aliphatic rings. The van der Waals surface area contributed by atoms with Crippen molar-refractivity contribution in [1.82, 2.24) is 0 Å². The zero-order valence-corrected chi connectivity index (χ0v) is 18.5. The van der Waals surface area contributed by atoms with Crippen LogP contribution in [0.15, 0.2) is 29.2 Å². The molecule has 0 amide bonds. The number of unbranched alkanes of at least 4 members (excludes halogenated alkanes) is 11. The van der Waals surface area contributed by atoms with Crippen LogP contribution in [0.4, 0.5) is 0 Å². The molecule has 156 valence electrons. The summed E-state index contributed by atoms with van der Waals surface area (Å²) in [6, 6.07) is 6.82. The first kappa shape index (κ1) is 24.2. The summed E-state index contributed by atoms with van der Waals surface area (Å²) in [5, 5.41) is 0. The molecule has 0 radical (unpaired) electrons. The Morgan fingerprint density at radius 2 is 1.22 bits per heavy atom. The molecule has 0 fully saturated rings. The zero-order valence-electron chi connectivity index (χ0n) is 17.7. The van der Waals surface area contributed by atoms with Gasteiger partial charge in [-0.1, -0.05) is 102 Å². The molecule has 0 aliphatic heterocycles. The molecule has 1 rings (SSSR count). The molecule has 0 aromatic heterocycles. The Morgan fingerprint density at radius 1 is 0.778 bits per heavy atom. The van der Waals surface area contributed by atoms with Crippen LogP contribution in [0.5, 0.6) is 0 Å². The van der Waals surface area contributed by atoms with Crippen LogP contribution in [0, 0.1) is 6.92 Å². The summed E-state index contributed by atoms with van der Waals surface area (Å²) in [6.07, 6.45) is 16.2. The predicted molar refractivity (Wildman–Crippen MR) is 115 cm³/mol. The Kier molecular flexibility index (Phi) is 12.7. The van der Waals surface area contributed by atoms with Gasteiger partial charge in [-0.25, -0.2) is 0 Å². The molecule has 1 aromatic rings. The average molecular weight is 397 g/mol. The van der Waals surface area contributed by atoms with Crippen molar-refractivity contribution in [2.45, 2.75) is 115 Å². The number of benzene rings is 1. The van der Waals surface area contributed by atoms with Crippen molar-refractivity contribution < 1.29 is 12.6 Å². The summed E-state index contributed by atoms with van der Waals surface area (Å²) in [6.45, 7) is 6.05. The Hall–Kier alpha value is -0.870. The number of hydrogen-bond donors (Lipinski definition) is 0. The van der Waals surface area contributed by atoms with E-state index in [1.54, 1.807) is 24.3 Å². The highest BCUT2D eigenvalue weighted by atomic mass is 32.2. The number of hydrogen-bond acceptors (Lipinski definition) is 3. The Morgan fingerprint density at radius 3 is 1.70 bits per heavy atom. The number of aryl methyl sites for hydroxylation is 1. The fourth-order valence-corrected chi connectivity index (χ4v) is 4.41. The normalized spacial score (nSPS) is 13.0. The highest BCUT2D eigenvalue weighted by Crippen LogP contribution is 2.18. The molecular formula is C23H40O3S. The number of rotatable bonds is 16. The summed E-state index contributed by atoms with van der Waals surface area (Å²) in [4.78, 5) is 0.245. The monoisotopic (exact) mass is 396 g/mol. The summed E-state index contributed by atoms with van der Waals surface area (Å²) in [5.41, 5.74) is 1.04. The van der Waals surface area contributed by atoms with Gasteiger partial charge in [-0.3, -0.25) is 4.18 Å². The summed E-state index contributed by atoms with van der Waals surface area (Å²) in [5.74, 6) is 0. The molecule has 0 saturated heterocycles. The van der Waals surface area contributed by atoms with E-state index in [2.05, 4.69) is 6.92 Å². The first-order valence-electron chi connectivity index (χ1n) is 11.0. The van der Waals surface area contributed by atoms with Gasteiger partial charge in [0, 0.05) is 0 Å². The maximum Gasteiger partial charge on any atom is 0.297 e. The standard InChI is InChI=1S/C23H40O3S/c1-4-5-6-7-8-9-10-11-12-13-14-15-16-22(3)26-27(24,25)23-19-17-21(2)18-20-23/h17-20,22H,4-16H2,1-3H3. The molecular weight excluding hydrogens is 356 g/mol. The van der Waals surface area contributed by atoms with Gasteiger partial charge in [0.05, 0.1) is 11.0 Å². The SMILES string of the molecule is CCCCCCCCCCCCCCC(C)OS(=O)(=O)c1ccc(C)cc1. The van der Waals surface area contributed by atoms with Crippen LogP contribution in [-0.2, 0) is 14.3 Å². The van der Waals surface area contributed by atoms with Crippen LogP contribution < -0.4 is 0 Å². The van der Waals surface area contributed by atoms with Gasteiger partial charge in [0.15, 0.2) is 0 Å². The van der Waals surface area contributed by atoms with E-state index >= 15 is 0 Å². The van der Waals surface area contributed by atoms with Crippen LogP contribution >= 0.6 is 0 Å². The van der Waals surface area contributed by atoms with Crippen molar-refractivity contribution in [3.8, 4) is 0 Å². The third kappa shape index (κ3) is 11.5. The first-order chi connectivity index (χ1) is 13.0. The molecule has 1 atom stereocenters. The van der Waals surface area contributed by atoms with E-state index in [4.69, 9.17) is 4.18 Å². The second kappa shape index (κ2) is 14.2. The molecule has 3 nitrogen and oxygen atoms in total. The van der Waals surface area contributed by atoms with E-state index < -0.39 is 10.1 Å². The molecule has 1 aromatic carbocycles. The Balaban J connectivity index is 2.04. The third-order valence-corrected chi connectivity index (χ3v) is 6.50. The molecule has 0 aliphatic carbocycles. The third-order valence-electron chi connectivity index (χ3n) is 5.06. The maximum atomic E-state index is 12.3. The average Bonchev–Trinajstić information content (AvgIpc) is 2.62. The van der Waals surface area contributed by atoms with Crippen molar-refractivity contribution in [3.63, 3.8) is 0 Å². The fourth-order valence-electron chi connectivity index (χ4n) is 3.30.